The zero-order valence-corrected chi connectivity index (χ0v) is 19.7. The summed E-state index contributed by atoms with van der Waals surface area (Å²) in [6.07, 6.45) is 9.51. The lowest BCUT2D eigenvalue weighted by molar-refractivity contribution is -0.142. The summed E-state index contributed by atoms with van der Waals surface area (Å²) in [7, 11) is 0. The highest BCUT2D eigenvalue weighted by atomic mass is 19.1. The molecule has 0 spiro atoms. The summed E-state index contributed by atoms with van der Waals surface area (Å²) < 4.78 is 18.3. The van der Waals surface area contributed by atoms with Gasteiger partial charge in [-0.1, -0.05) is 0 Å². The first kappa shape index (κ1) is 21.9. The van der Waals surface area contributed by atoms with Gasteiger partial charge in [-0.2, -0.15) is 0 Å². The molecule has 4 aromatic rings. The highest BCUT2D eigenvalue weighted by molar-refractivity contribution is 5.85. The lowest BCUT2D eigenvalue weighted by atomic mass is 9.95. The van der Waals surface area contributed by atoms with Crippen molar-refractivity contribution in [1.29, 1.82) is 0 Å². The molecule has 1 saturated heterocycles. The van der Waals surface area contributed by atoms with Crippen molar-refractivity contribution in [2.75, 3.05) is 13.1 Å². The SMILES string of the molecule is CC(=O)On1c(C2CCN(C3CC3)CC2)nc2c(F)cc(-c3cc4cnc(C)cn4c3)cc2c1=O. The van der Waals surface area contributed by atoms with Crippen LogP contribution in [-0.4, -0.2) is 49.1 Å². The minimum Gasteiger partial charge on any atom is -0.332 e. The van der Waals surface area contributed by atoms with Gasteiger partial charge in [-0.3, -0.25) is 9.78 Å². The molecule has 0 atom stereocenters. The number of rotatable bonds is 4. The average Bonchev–Trinajstić information content (AvgIpc) is 3.60. The van der Waals surface area contributed by atoms with Gasteiger partial charge in [0.05, 0.1) is 22.8 Å². The first-order valence-corrected chi connectivity index (χ1v) is 12.0. The van der Waals surface area contributed by atoms with Crippen LogP contribution in [-0.2, 0) is 4.79 Å². The van der Waals surface area contributed by atoms with E-state index in [4.69, 9.17) is 4.84 Å². The second kappa shape index (κ2) is 8.27. The van der Waals surface area contributed by atoms with Crippen LogP contribution in [0.4, 0.5) is 4.39 Å². The number of likely N-dealkylation sites (tertiary alicyclic amines) is 1. The van der Waals surface area contributed by atoms with Gasteiger partial charge in [-0.05, 0) is 69.5 Å². The molecule has 3 aromatic heterocycles. The molecule has 2 aliphatic rings. The van der Waals surface area contributed by atoms with Crippen molar-refractivity contribution in [3.05, 3.63) is 64.5 Å². The Morgan fingerprint density at radius 3 is 2.57 bits per heavy atom. The molecule has 2 fully saturated rings. The summed E-state index contributed by atoms with van der Waals surface area (Å²) in [6, 6.07) is 5.56. The minimum absolute atomic E-state index is 0.00282. The molecule has 180 valence electrons. The molecular formula is C26H26FN5O3. The smallest absolute Gasteiger partial charge is 0.330 e. The molecule has 9 heteroatoms. The van der Waals surface area contributed by atoms with Gasteiger partial charge in [0.15, 0.2) is 5.82 Å². The molecule has 0 bridgehead atoms. The maximum atomic E-state index is 15.4. The Morgan fingerprint density at radius 1 is 1.09 bits per heavy atom. The van der Waals surface area contributed by atoms with Gasteiger partial charge in [0.1, 0.15) is 11.3 Å². The van der Waals surface area contributed by atoms with E-state index in [1.54, 1.807) is 12.3 Å². The van der Waals surface area contributed by atoms with E-state index >= 15 is 4.39 Å². The van der Waals surface area contributed by atoms with E-state index in [9.17, 15) is 9.59 Å². The van der Waals surface area contributed by atoms with Crippen LogP contribution in [0.5, 0.6) is 0 Å². The van der Waals surface area contributed by atoms with E-state index in [1.807, 2.05) is 29.8 Å². The maximum absolute atomic E-state index is 15.4. The first-order valence-electron chi connectivity index (χ1n) is 12.0. The third-order valence-electron chi connectivity index (χ3n) is 7.03. The summed E-state index contributed by atoms with van der Waals surface area (Å²) in [5.41, 5.74) is 2.42. The fourth-order valence-corrected chi connectivity index (χ4v) is 5.12. The van der Waals surface area contributed by atoms with Gasteiger partial charge < -0.3 is 14.1 Å². The number of nitrogens with zero attached hydrogens (tertiary/aromatic N) is 5. The normalized spacial score (nSPS) is 17.3. The lowest BCUT2D eigenvalue weighted by Crippen LogP contribution is -2.39. The fourth-order valence-electron chi connectivity index (χ4n) is 5.12. The third-order valence-corrected chi connectivity index (χ3v) is 7.03. The van der Waals surface area contributed by atoms with Gasteiger partial charge in [0.2, 0.25) is 0 Å². The predicted molar refractivity (Wildman–Crippen MR) is 129 cm³/mol. The molecule has 6 rings (SSSR count). The van der Waals surface area contributed by atoms with Gasteiger partial charge in [0, 0.05) is 36.8 Å². The topological polar surface area (TPSA) is 81.7 Å². The molecule has 0 unspecified atom stereocenters. The number of hydrogen-bond donors (Lipinski definition) is 0. The zero-order chi connectivity index (χ0) is 24.3. The summed E-state index contributed by atoms with van der Waals surface area (Å²) in [5.74, 6) is -0.974. The van der Waals surface area contributed by atoms with Crippen LogP contribution >= 0.6 is 0 Å². The van der Waals surface area contributed by atoms with Crippen LogP contribution in [0, 0.1) is 12.7 Å². The number of benzene rings is 1. The van der Waals surface area contributed by atoms with Crippen molar-refractivity contribution in [3.8, 4) is 11.1 Å². The van der Waals surface area contributed by atoms with Crippen molar-refractivity contribution < 1.29 is 14.0 Å². The lowest BCUT2D eigenvalue weighted by Gasteiger charge is -2.32. The molecule has 1 aliphatic heterocycles. The van der Waals surface area contributed by atoms with Crippen molar-refractivity contribution in [1.82, 2.24) is 24.0 Å². The number of carbonyl (C=O) groups is 1. The number of hydrogen-bond acceptors (Lipinski definition) is 6. The Hall–Kier alpha value is -3.59. The second-order valence-corrected chi connectivity index (χ2v) is 9.64. The molecule has 4 heterocycles. The predicted octanol–water partition coefficient (Wildman–Crippen LogP) is 3.48. The molecular weight excluding hydrogens is 449 g/mol. The Bertz CT molecular complexity index is 1530. The summed E-state index contributed by atoms with van der Waals surface area (Å²) >= 11 is 0. The van der Waals surface area contributed by atoms with E-state index in [1.165, 1.54) is 25.8 Å². The van der Waals surface area contributed by atoms with Crippen molar-refractivity contribution in [2.45, 2.75) is 51.5 Å². The third kappa shape index (κ3) is 3.99. The number of piperidine rings is 1. The van der Waals surface area contributed by atoms with Crippen LogP contribution in [0.1, 0.15) is 50.0 Å². The summed E-state index contributed by atoms with van der Waals surface area (Å²) in [6.45, 7) is 4.92. The molecule has 0 N–H and O–H groups in total. The van der Waals surface area contributed by atoms with Gasteiger partial charge in [0.25, 0.3) is 5.56 Å². The number of fused-ring (bicyclic) bond motifs is 2. The van der Waals surface area contributed by atoms with E-state index in [2.05, 4.69) is 14.9 Å². The van der Waals surface area contributed by atoms with E-state index in [-0.39, 0.29) is 16.8 Å². The monoisotopic (exact) mass is 475 g/mol. The molecule has 0 radical (unpaired) electrons. The van der Waals surface area contributed by atoms with Gasteiger partial charge in [-0.25, -0.2) is 14.2 Å². The summed E-state index contributed by atoms with van der Waals surface area (Å²) in [4.78, 5) is 42.0. The highest BCUT2D eigenvalue weighted by Crippen LogP contribution is 2.34. The van der Waals surface area contributed by atoms with Crippen molar-refractivity contribution in [3.63, 3.8) is 0 Å². The molecule has 1 aromatic carbocycles. The number of carbonyl (C=O) groups excluding carboxylic acids is 1. The number of aryl methyl sites for hydroxylation is 1. The molecule has 0 amide bonds. The average molecular weight is 476 g/mol. The second-order valence-electron chi connectivity index (χ2n) is 9.64. The van der Waals surface area contributed by atoms with E-state index < -0.39 is 17.3 Å². The highest BCUT2D eigenvalue weighted by Gasteiger charge is 2.34. The number of aromatic nitrogens is 4. The first-order chi connectivity index (χ1) is 16.9. The molecule has 8 nitrogen and oxygen atoms in total. The Labute approximate surface area is 200 Å². The van der Waals surface area contributed by atoms with Crippen molar-refractivity contribution in [2.24, 2.45) is 0 Å². The van der Waals surface area contributed by atoms with Crippen LogP contribution in [0.3, 0.4) is 0 Å². The Kier molecular flexibility index (Phi) is 5.17. The van der Waals surface area contributed by atoms with Gasteiger partial charge >= 0.3 is 5.97 Å². The standard InChI is InChI=1S/C26H26FN5O3/c1-15-13-31-14-19(9-21(31)12-28-15)18-10-22-24(23(27)11-18)29-25(32(26(22)34)35-16(2)33)17-5-7-30(8-6-17)20-3-4-20/h9-14,17,20H,3-8H2,1-2H3. The summed E-state index contributed by atoms with van der Waals surface area (Å²) in [5, 5.41) is 0.0741. The number of halogens is 1. The van der Waals surface area contributed by atoms with Gasteiger partial charge in [-0.15, -0.1) is 4.73 Å². The minimum atomic E-state index is -0.622. The maximum Gasteiger partial charge on any atom is 0.330 e. The van der Waals surface area contributed by atoms with E-state index in [0.29, 0.717) is 17.4 Å². The Balaban J connectivity index is 1.45. The van der Waals surface area contributed by atoms with Crippen LogP contribution in [0.2, 0.25) is 0 Å². The zero-order valence-electron chi connectivity index (χ0n) is 19.7. The van der Waals surface area contributed by atoms with Crippen LogP contribution in [0.15, 0.2) is 41.6 Å². The molecule has 1 saturated carbocycles. The van der Waals surface area contributed by atoms with E-state index in [0.717, 1.165) is 47.4 Å². The quantitative estimate of drug-likeness (QED) is 0.450. The van der Waals surface area contributed by atoms with Crippen molar-refractivity contribution >= 4 is 22.4 Å². The molecule has 35 heavy (non-hydrogen) atoms. The largest absolute Gasteiger partial charge is 0.332 e. The molecule has 1 aliphatic carbocycles. The van der Waals surface area contributed by atoms with Crippen LogP contribution in [0.25, 0.3) is 27.5 Å². The van der Waals surface area contributed by atoms with Crippen LogP contribution < -0.4 is 10.4 Å². The fraction of sp³-hybridized carbons (Fsp3) is 0.385. The Morgan fingerprint density at radius 2 is 1.86 bits per heavy atom.